The molecule has 6 rings (SSSR count). The second-order valence-electron chi connectivity index (χ2n) is 10.8. The van der Waals surface area contributed by atoms with Crippen LogP contribution in [0.1, 0.15) is 42.1 Å². The van der Waals surface area contributed by atoms with Gasteiger partial charge >= 0.3 is 5.97 Å². The summed E-state index contributed by atoms with van der Waals surface area (Å²) in [4.78, 5) is 33.4. The van der Waals surface area contributed by atoms with E-state index in [0.717, 1.165) is 11.1 Å². The number of carbonyl (C=O) groups excluding carboxylic acids is 1. The maximum absolute atomic E-state index is 14.3. The molecule has 0 spiro atoms. The Morgan fingerprint density at radius 3 is 2.35 bits per heavy atom. The van der Waals surface area contributed by atoms with E-state index in [1.165, 1.54) is 18.4 Å². The lowest BCUT2D eigenvalue weighted by molar-refractivity contribution is -0.138. The summed E-state index contributed by atoms with van der Waals surface area (Å²) in [6, 6.07) is 26.8. The molecule has 1 atom stereocenters. The van der Waals surface area contributed by atoms with Crippen molar-refractivity contribution < 1.29 is 23.7 Å². The number of ether oxygens (including phenoxy) is 4. The summed E-state index contributed by atoms with van der Waals surface area (Å²) >= 11 is 14.2. The molecule has 0 saturated heterocycles. The van der Waals surface area contributed by atoms with E-state index in [1.807, 2.05) is 79.7 Å². The van der Waals surface area contributed by atoms with Crippen LogP contribution in [0.5, 0.6) is 17.2 Å². The Bertz CT molecular complexity index is 2210. The predicted molar refractivity (Wildman–Crippen MR) is 192 cm³/mol. The smallest absolute Gasteiger partial charge is 0.338 e. The lowest BCUT2D eigenvalue weighted by Crippen LogP contribution is -2.40. The third kappa shape index (κ3) is 7.15. The molecule has 0 amide bonds. The molecule has 0 bridgehead atoms. The average molecular weight is 716 g/mol. The van der Waals surface area contributed by atoms with E-state index in [9.17, 15) is 9.59 Å². The minimum atomic E-state index is -0.818. The molecule has 1 aromatic heterocycles. The van der Waals surface area contributed by atoms with E-state index < -0.39 is 12.0 Å². The molecular formula is C38H32Cl2N2O6S. The Morgan fingerprint density at radius 1 is 0.918 bits per heavy atom. The fraction of sp³-hybridized carbons (Fsp3) is 0.184. The first-order valence-corrected chi connectivity index (χ1v) is 17.1. The fourth-order valence-corrected chi connectivity index (χ4v) is 7.01. The minimum Gasteiger partial charge on any atom is -0.494 e. The lowest BCUT2D eigenvalue weighted by Gasteiger charge is -2.26. The second-order valence-corrected chi connectivity index (χ2v) is 12.7. The molecule has 0 saturated carbocycles. The molecule has 0 unspecified atom stereocenters. The van der Waals surface area contributed by atoms with Gasteiger partial charge in [-0.1, -0.05) is 95.2 Å². The van der Waals surface area contributed by atoms with Crippen molar-refractivity contribution >= 4 is 52.3 Å². The van der Waals surface area contributed by atoms with Crippen LogP contribution in [-0.2, 0) is 16.1 Å². The van der Waals surface area contributed by atoms with E-state index in [0.29, 0.717) is 60.1 Å². The summed E-state index contributed by atoms with van der Waals surface area (Å²) in [6.07, 6.45) is 1.72. The quantitative estimate of drug-likeness (QED) is 0.134. The summed E-state index contributed by atoms with van der Waals surface area (Å²) in [5, 5.41) is 0.878. The van der Waals surface area contributed by atoms with Crippen molar-refractivity contribution in [2.24, 2.45) is 4.99 Å². The molecular weight excluding hydrogens is 683 g/mol. The van der Waals surface area contributed by atoms with Crippen LogP contribution in [0.2, 0.25) is 10.0 Å². The number of nitrogens with zero attached hydrogens (tertiary/aromatic N) is 2. The zero-order chi connectivity index (χ0) is 34.5. The molecule has 2 heterocycles. The van der Waals surface area contributed by atoms with Gasteiger partial charge in [0.25, 0.3) is 5.56 Å². The molecule has 0 fully saturated rings. The zero-order valence-electron chi connectivity index (χ0n) is 26.9. The van der Waals surface area contributed by atoms with E-state index >= 15 is 0 Å². The maximum atomic E-state index is 14.3. The number of benzene rings is 4. The van der Waals surface area contributed by atoms with Gasteiger partial charge in [-0.25, -0.2) is 9.79 Å². The molecule has 0 radical (unpaired) electrons. The Morgan fingerprint density at radius 2 is 1.65 bits per heavy atom. The van der Waals surface area contributed by atoms with Crippen LogP contribution in [0.3, 0.4) is 0 Å². The van der Waals surface area contributed by atoms with Crippen LogP contribution in [0.25, 0.3) is 11.8 Å². The minimum absolute atomic E-state index is 0.158. The Kier molecular flexibility index (Phi) is 10.5. The van der Waals surface area contributed by atoms with Gasteiger partial charge in [-0.15, -0.1) is 0 Å². The summed E-state index contributed by atoms with van der Waals surface area (Å²) < 4.78 is 24.8. The van der Waals surface area contributed by atoms with Gasteiger partial charge in [0.05, 0.1) is 47.2 Å². The van der Waals surface area contributed by atoms with Gasteiger partial charge in [0, 0.05) is 16.1 Å². The zero-order valence-corrected chi connectivity index (χ0v) is 29.3. The highest BCUT2D eigenvalue weighted by Crippen LogP contribution is 2.38. The van der Waals surface area contributed by atoms with Gasteiger partial charge in [0.1, 0.15) is 12.4 Å². The summed E-state index contributed by atoms with van der Waals surface area (Å²) in [7, 11) is 1.52. The number of aromatic nitrogens is 1. The molecule has 1 aliphatic heterocycles. The van der Waals surface area contributed by atoms with E-state index in [2.05, 4.69) is 0 Å². The van der Waals surface area contributed by atoms with Crippen LogP contribution in [0, 0.1) is 0 Å². The molecule has 5 aromatic rings. The van der Waals surface area contributed by atoms with E-state index in [-0.39, 0.29) is 24.3 Å². The number of carbonyl (C=O) groups is 1. The van der Waals surface area contributed by atoms with Crippen molar-refractivity contribution in [2.75, 3.05) is 20.3 Å². The number of thiazole rings is 1. The largest absolute Gasteiger partial charge is 0.494 e. The molecule has 1 aliphatic rings. The van der Waals surface area contributed by atoms with Crippen molar-refractivity contribution in [2.45, 2.75) is 26.5 Å². The highest BCUT2D eigenvalue weighted by Gasteiger charge is 2.35. The first-order chi connectivity index (χ1) is 23.8. The van der Waals surface area contributed by atoms with Gasteiger partial charge in [-0.2, -0.15) is 0 Å². The monoisotopic (exact) mass is 714 g/mol. The molecule has 8 nitrogen and oxygen atoms in total. The Balaban J connectivity index is 1.49. The highest BCUT2D eigenvalue weighted by molar-refractivity contribution is 7.07. The van der Waals surface area contributed by atoms with Crippen molar-refractivity contribution in [1.82, 2.24) is 4.57 Å². The normalized spacial score (nSPS) is 14.2. The number of halogens is 2. The summed E-state index contributed by atoms with van der Waals surface area (Å²) in [6.45, 7) is 4.50. The average Bonchev–Trinajstić information content (AvgIpc) is 3.42. The SMILES string of the molecule is CCOC(=O)C1=C(c2ccccc2)N=c2s/c(=C\c3cc(Cl)c(OCc4ccccc4Cl)c(OC)c3)c(=O)n2[C@H]1c1ccc(OCC)cc1. The number of rotatable bonds is 11. The molecule has 250 valence electrons. The number of fused-ring (bicyclic) bond motifs is 1. The van der Waals surface area contributed by atoms with Gasteiger partial charge < -0.3 is 18.9 Å². The molecule has 11 heteroatoms. The first-order valence-electron chi connectivity index (χ1n) is 15.6. The van der Waals surface area contributed by atoms with Gasteiger partial charge in [-0.3, -0.25) is 9.36 Å². The molecule has 0 aliphatic carbocycles. The van der Waals surface area contributed by atoms with Crippen LogP contribution >= 0.6 is 34.5 Å². The van der Waals surface area contributed by atoms with Crippen LogP contribution in [0.4, 0.5) is 0 Å². The van der Waals surface area contributed by atoms with Gasteiger partial charge in [0.15, 0.2) is 16.3 Å². The second kappa shape index (κ2) is 15.2. The summed E-state index contributed by atoms with van der Waals surface area (Å²) in [5.41, 5.74) is 3.21. The molecule has 49 heavy (non-hydrogen) atoms. The van der Waals surface area contributed by atoms with Crippen LogP contribution in [-0.4, -0.2) is 30.9 Å². The summed E-state index contributed by atoms with van der Waals surface area (Å²) in [5.74, 6) is 0.863. The molecule has 0 N–H and O–H groups in total. The predicted octanol–water partition coefficient (Wildman–Crippen LogP) is 7.23. The van der Waals surface area contributed by atoms with Crippen LogP contribution in [0.15, 0.2) is 106 Å². The highest BCUT2D eigenvalue weighted by atomic mass is 35.5. The van der Waals surface area contributed by atoms with Crippen molar-refractivity contribution in [1.29, 1.82) is 0 Å². The maximum Gasteiger partial charge on any atom is 0.338 e. The Hall–Kier alpha value is -4.83. The number of methoxy groups -OCH3 is 1. The third-order valence-corrected chi connectivity index (χ3v) is 9.39. The molecule has 4 aromatic carbocycles. The van der Waals surface area contributed by atoms with Crippen molar-refractivity contribution in [3.8, 4) is 17.2 Å². The third-order valence-electron chi connectivity index (χ3n) is 7.76. The lowest BCUT2D eigenvalue weighted by atomic mass is 9.93. The first kappa shape index (κ1) is 34.0. The number of esters is 1. The standard InChI is InChI=1S/C38H32Cl2N2O6S/c1-4-46-27-17-15-25(16-18-27)34-32(37(44)47-5-2)33(24-11-7-6-8-12-24)41-38-42(34)36(43)31(49-38)21-23-19-29(40)35(30(20-23)45-3)48-22-26-13-9-10-14-28(26)39/h6-21,34H,4-5,22H2,1-3H3/b31-21-/t34-/m0/s1. The number of hydrogen-bond acceptors (Lipinski definition) is 8. The van der Waals surface area contributed by atoms with E-state index in [1.54, 1.807) is 35.8 Å². The van der Waals surface area contributed by atoms with E-state index in [4.69, 9.17) is 47.1 Å². The fourth-order valence-electron chi connectivity index (χ4n) is 5.55. The van der Waals surface area contributed by atoms with Crippen LogP contribution < -0.4 is 29.1 Å². The number of hydrogen-bond donors (Lipinski definition) is 0. The van der Waals surface area contributed by atoms with Gasteiger partial charge in [0.2, 0.25) is 0 Å². The topological polar surface area (TPSA) is 88.4 Å². The Labute approximate surface area is 297 Å². The van der Waals surface area contributed by atoms with Gasteiger partial charge in [-0.05, 0) is 61.4 Å². The van der Waals surface area contributed by atoms with Crippen molar-refractivity contribution in [3.05, 3.63) is 149 Å². The van der Waals surface area contributed by atoms with Crippen molar-refractivity contribution in [3.63, 3.8) is 0 Å².